The minimum Gasteiger partial charge on any atom is -0.478 e. The second kappa shape index (κ2) is 2.60. The lowest BCUT2D eigenvalue weighted by molar-refractivity contribution is 0.00510. The highest BCUT2D eigenvalue weighted by Gasteiger charge is 2.28. The lowest BCUT2D eigenvalue weighted by Gasteiger charge is -2.23. The molecule has 2 heterocycles. The van der Waals surface area contributed by atoms with Crippen molar-refractivity contribution < 1.29 is 19.2 Å². The number of carboxylic acids is 1. The van der Waals surface area contributed by atoms with Crippen LogP contribution in [0.2, 0.25) is 0 Å². The lowest BCUT2D eigenvalue weighted by atomic mass is 10.0. The maximum atomic E-state index is 10.6. The maximum Gasteiger partial charge on any atom is 0.340 e. The van der Waals surface area contributed by atoms with Gasteiger partial charge in [0, 0.05) is 0 Å². The number of aromatic nitrogens is 1. The third-order valence-electron chi connectivity index (χ3n) is 1.85. The third kappa shape index (κ3) is 0.984. The minimum absolute atomic E-state index is 0.0925. The molecule has 1 aliphatic heterocycles. The number of aromatic carboxylic acids is 1. The van der Waals surface area contributed by atoms with E-state index in [1.165, 1.54) is 0 Å². The third-order valence-corrected chi connectivity index (χ3v) is 1.85. The van der Waals surface area contributed by atoms with Crippen molar-refractivity contribution in [2.24, 2.45) is 0 Å². The average Bonchev–Trinajstić information content (AvgIpc) is 2.31. The van der Waals surface area contributed by atoms with E-state index in [9.17, 15) is 4.79 Å². The highest BCUT2D eigenvalue weighted by molar-refractivity contribution is 5.88. The van der Waals surface area contributed by atoms with Crippen molar-refractivity contribution in [2.75, 3.05) is 13.2 Å². The zero-order chi connectivity index (χ0) is 8.55. The van der Waals surface area contributed by atoms with Crippen LogP contribution in [0.3, 0.4) is 0 Å². The van der Waals surface area contributed by atoms with Crippen molar-refractivity contribution in [3.63, 3.8) is 0 Å². The molecule has 1 saturated heterocycles. The monoisotopic (exact) mass is 169 g/mol. The molecule has 0 aliphatic carbocycles. The number of ether oxygens (including phenoxy) is 1. The summed E-state index contributed by atoms with van der Waals surface area (Å²) in [6.45, 7) is 1.07. The quantitative estimate of drug-likeness (QED) is 0.697. The van der Waals surface area contributed by atoms with E-state index in [0.717, 1.165) is 6.26 Å². The van der Waals surface area contributed by atoms with Crippen LogP contribution in [0.4, 0.5) is 0 Å². The molecule has 0 atom stereocenters. The van der Waals surface area contributed by atoms with Gasteiger partial charge < -0.3 is 14.4 Å². The van der Waals surface area contributed by atoms with Gasteiger partial charge in [-0.3, -0.25) is 0 Å². The summed E-state index contributed by atoms with van der Waals surface area (Å²) in [5, 5.41) is 12.3. The van der Waals surface area contributed by atoms with Gasteiger partial charge in [0.25, 0.3) is 0 Å². The first-order valence-corrected chi connectivity index (χ1v) is 3.54. The summed E-state index contributed by atoms with van der Waals surface area (Å²) in [6, 6.07) is 0. The van der Waals surface area contributed by atoms with Gasteiger partial charge in [-0.25, -0.2) is 4.79 Å². The van der Waals surface area contributed by atoms with Gasteiger partial charge in [-0.15, -0.1) is 0 Å². The molecule has 0 saturated carbocycles. The smallest absolute Gasteiger partial charge is 0.340 e. The molecule has 0 spiro atoms. The van der Waals surface area contributed by atoms with Gasteiger partial charge in [0.2, 0.25) is 0 Å². The Kier molecular flexibility index (Phi) is 1.58. The molecule has 1 N–H and O–H groups in total. The van der Waals surface area contributed by atoms with Crippen LogP contribution in [0.5, 0.6) is 0 Å². The van der Waals surface area contributed by atoms with Crippen molar-refractivity contribution in [1.82, 2.24) is 5.16 Å². The van der Waals surface area contributed by atoms with Crippen LogP contribution in [0.1, 0.15) is 22.0 Å². The van der Waals surface area contributed by atoms with Crippen molar-refractivity contribution in [3.8, 4) is 0 Å². The molecule has 0 bridgehead atoms. The van der Waals surface area contributed by atoms with E-state index in [4.69, 9.17) is 9.84 Å². The number of hydrogen-bond donors (Lipinski definition) is 1. The SMILES string of the molecule is O=C(O)c1conc1C1COC1. The predicted molar refractivity (Wildman–Crippen MR) is 37.0 cm³/mol. The first-order valence-electron chi connectivity index (χ1n) is 3.54. The topological polar surface area (TPSA) is 72.6 Å². The fourth-order valence-electron chi connectivity index (χ4n) is 1.09. The number of rotatable bonds is 2. The van der Waals surface area contributed by atoms with Gasteiger partial charge in [0.1, 0.15) is 17.5 Å². The average molecular weight is 169 g/mol. The minimum atomic E-state index is -1.00. The summed E-state index contributed by atoms with van der Waals surface area (Å²) in [7, 11) is 0. The molecule has 0 aromatic carbocycles. The Morgan fingerprint density at radius 1 is 1.67 bits per heavy atom. The summed E-state index contributed by atoms with van der Waals surface area (Å²) in [4.78, 5) is 10.6. The van der Waals surface area contributed by atoms with Gasteiger partial charge in [0.05, 0.1) is 19.1 Å². The molecule has 1 aromatic rings. The van der Waals surface area contributed by atoms with Crippen LogP contribution in [0.15, 0.2) is 10.8 Å². The maximum absolute atomic E-state index is 10.6. The van der Waals surface area contributed by atoms with E-state index >= 15 is 0 Å². The van der Waals surface area contributed by atoms with E-state index in [1.54, 1.807) is 0 Å². The number of hydrogen-bond acceptors (Lipinski definition) is 4. The number of carboxylic acid groups (broad SMARTS) is 1. The van der Waals surface area contributed by atoms with Crippen LogP contribution < -0.4 is 0 Å². The Labute approximate surface area is 67.9 Å². The van der Waals surface area contributed by atoms with Crippen LogP contribution in [0.25, 0.3) is 0 Å². The Morgan fingerprint density at radius 3 is 2.92 bits per heavy atom. The molecule has 2 rings (SSSR count). The fraction of sp³-hybridized carbons (Fsp3) is 0.429. The van der Waals surface area contributed by atoms with Crippen molar-refractivity contribution in [3.05, 3.63) is 17.5 Å². The molecule has 12 heavy (non-hydrogen) atoms. The van der Waals surface area contributed by atoms with Crippen LogP contribution in [-0.2, 0) is 4.74 Å². The number of carbonyl (C=O) groups is 1. The van der Waals surface area contributed by atoms with Crippen molar-refractivity contribution in [2.45, 2.75) is 5.92 Å². The standard InChI is InChI=1S/C7H7NO4/c9-7(10)5-3-12-8-6(5)4-1-11-2-4/h3-4H,1-2H2,(H,9,10). The lowest BCUT2D eigenvalue weighted by Crippen LogP contribution is -2.26. The van der Waals surface area contributed by atoms with Gasteiger partial charge in [-0.05, 0) is 0 Å². The summed E-state index contributed by atoms with van der Waals surface area (Å²) in [6.07, 6.45) is 1.15. The van der Waals surface area contributed by atoms with E-state index in [1.807, 2.05) is 0 Å². The largest absolute Gasteiger partial charge is 0.478 e. The van der Waals surface area contributed by atoms with Gasteiger partial charge in [-0.1, -0.05) is 5.16 Å². The Morgan fingerprint density at radius 2 is 2.42 bits per heavy atom. The highest BCUT2D eigenvalue weighted by atomic mass is 16.5. The molecule has 64 valence electrons. The highest BCUT2D eigenvalue weighted by Crippen LogP contribution is 2.25. The zero-order valence-electron chi connectivity index (χ0n) is 6.19. The van der Waals surface area contributed by atoms with E-state index in [2.05, 4.69) is 9.68 Å². The molecule has 0 unspecified atom stereocenters. The fourth-order valence-corrected chi connectivity index (χ4v) is 1.09. The Hall–Kier alpha value is -1.36. The summed E-state index contributed by atoms with van der Waals surface area (Å²) in [5.41, 5.74) is 0.636. The van der Waals surface area contributed by atoms with Crippen molar-refractivity contribution >= 4 is 5.97 Å². The molecule has 1 aromatic heterocycles. The summed E-state index contributed by atoms with van der Waals surface area (Å²) in [5.74, 6) is -0.909. The Bertz CT molecular complexity index is 302. The van der Waals surface area contributed by atoms with Gasteiger partial charge in [-0.2, -0.15) is 0 Å². The summed E-state index contributed by atoms with van der Waals surface area (Å²) < 4.78 is 9.50. The van der Waals surface area contributed by atoms with Crippen molar-refractivity contribution in [1.29, 1.82) is 0 Å². The van der Waals surface area contributed by atoms with Crippen LogP contribution in [-0.4, -0.2) is 29.4 Å². The molecule has 5 heteroatoms. The normalized spacial score (nSPS) is 17.3. The zero-order valence-corrected chi connectivity index (χ0v) is 6.19. The van der Waals surface area contributed by atoms with Gasteiger partial charge in [0.15, 0.2) is 0 Å². The van der Waals surface area contributed by atoms with Gasteiger partial charge >= 0.3 is 5.97 Å². The predicted octanol–water partition coefficient (Wildman–Crippen LogP) is 0.487. The summed E-state index contributed by atoms with van der Waals surface area (Å²) >= 11 is 0. The molecular weight excluding hydrogens is 162 g/mol. The number of nitrogens with zero attached hydrogens (tertiary/aromatic N) is 1. The van der Waals surface area contributed by atoms with Crippen LogP contribution >= 0.6 is 0 Å². The molecule has 0 radical (unpaired) electrons. The molecule has 0 amide bonds. The van der Waals surface area contributed by atoms with Crippen LogP contribution in [0, 0.1) is 0 Å². The molecular formula is C7H7NO4. The van der Waals surface area contributed by atoms with E-state index in [0.29, 0.717) is 18.9 Å². The van der Waals surface area contributed by atoms with E-state index in [-0.39, 0.29) is 11.5 Å². The van der Waals surface area contributed by atoms with E-state index < -0.39 is 5.97 Å². The molecule has 5 nitrogen and oxygen atoms in total. The first-order chi connectivity index (χ1) is 5.79. The molecule has 1 aliphatic rings. The first kappa shape index (κ1) is 7.30. The molecule has 1 fully saturated rings. The Balaban J connectivity index is 2.29. The second-order valence-corrected chi connectivity index (χ2v) is 2.65. The second-order valence-electron chi connectivity index (χ2n) is 2.65.